The van der Waals surface area contributed by atoms with Crippen LogP contribution in [0, 0.1) is 28.6 Å². The van der Waals surface area contributed by atoms with E-state index in [0.29, 0.717) is 18.3 Å². The Bertz CT molecular complexity index is 737. The van der Waals surface area contributed by atoms with E-state index in [4.69, 9.17) is 9.47 Å². The third kappa shape index (κ3) is 3.02. The minimum absolute atomic E-state index is 0.0259. The summed E-state index contributed by atoms with van der Waals surface area (Å²) in [6, 6.07) is 0. The number of halogens is 1. The van der Waals surface area contributed by atoms with E-state index in [2.05, 4.69) is 29.8 Å². The van der Waals surface area contributed by atoms with Gasteiger partial charge in [0.25, 0.3) is 0 Å². The zero-order chi connectivity index (χ0) is 21.2. The molecule has 0 spiro atoms. The highest BCUT2D eigenvalue weighted by Crippen LogP contribution is 2.70. The van der Waals surface area contributed by atoms with Crippen LogP contribution >= 0.6 is 15.9 Å². The Morgan fingerprint density at radius 3 is 2.28 bits per heavy atom. The molecule has 0 aliphatic heterocycles. The van der Waals surface area contributed by atoms with Gasteiger partial charge >= 0.3 is 11.9 Å². The zero-order valence-electron chi connectivity index (χ0n) is 18.0. The van der Waals surface area contributed by atoms with Gasteiger partial charge in [0, 0.05) is 25.7 Å². The van der Waals surface area contributed by atoms with Gasteiger partial charge in [0.15, 0.2) is 5.78 Å². The molecule has 0 heterocycles. The number of alkyl halides is 1. The molecule has 0 aromatic heterocycles. The number of hydrogen-bond acceptors (Lipinski definition) is 5. The van der Waals surface area contributed by atoms with Crippen LogP contribution in [-0.2, 0) is 23.9 Å². The summed E-state index contributed by atoms with van der Waals surface area (Å²) < 4.78 is 10.7. The Balaban J connectivity index is 1.63. The predicted molar refractivity (Wildman–Crippen MR) is 111 cm³/mol. The molecule has 29 heavy (non-hydrogen) atoms. The van der Waals surface area contributed by atoms with Gasteiger partial charge in [0.05, 0.1) is 4.32 Å². The molecule has 0 N–H and O–H groups in total. The molecule has 0 aromatic rings. The van der Waals surface area contributed by atoms with Crippen molar-refractivity contribution in [1.82, 2.24) is 0 Å². The fraction of sp³-hybridized carbons (Fsp3) is 0.870. The Kier molecular flexibility index (Phi) is 5.20. The van der Waals surface area contributed by atoms with Crippen LogP contribution in [0.4, 0.5) is 0 Å². The first-order chi connectivity index (χ1) is 13.5. The molecule has 4 saturated carbocycles. The van der Waals surface area contributed by atoms with Gasteiger partial charge < -0.3 is 9.47 Å². The first-order valence-electron chi connectivity index (χ1n) is 11.1. The van der Waals surface area contributed by atoms with E-state index in [1.54, 1.807) is 0 Å². The van der Waals surface area contributed by atoms with Crippen LogP contribution in [-0.4, -0.2) is 34.3 Å². The maximum Gasteiger partial charge on any atom is 0.302 e. The van der Waals surface area contributed by atoms with E-state index in [1.165, 1.54) is 13.8 Å². The molecule has 0 bridgehead atoms. The molecule has 5 nitrogen and oxygen atoms in total. The number of rotatable bonds is 2. The van der Waals surface area contributed by atoms with Gasteiger partial charge in [-0.15, -0.1) is 0 Å². The monoisotopic (exact) mass is 468 g/mol. The second-order valence-electron chi connectivity index (χ2n) is 10.4. The predicted octanol–water partition coefficient (Wildman–Crippen LogP) is 4.59. The van der Waals surface area contributed by atoms with Crippen molar-refractivity contribution in [2.24, 2.45) is 28.6 Å². The number of hydrogen-bond donors (Lipinski definition) is 0. The number of ketones is 1. The molecule has 4 aliphatic carbocycles. The largest absolute Gasteiger partial charge is 0.463 e. The maximum atomic E-state index is 13.8. The maximum absolute atomic E-state index is 13.8. The molecule has 0 radical (unpaired) electrons. The zero-order valence-corrected chi connectivity index (χ0v) is 19.5. The number of fused-ring (bicyclic) bond motifs is 5. The highest BCUT2D eigenvalue weighted by molar-refractivity contribution is 9.10. The van der Waals surface area contributed by atoms with Crippen LogP contribution in [0.1, 0.15) is 79.1 Å². The quantitative estimate of drug-likeness (QED) is 0.437. The minimum atomic E-state index is -0.528. The lowest BCUT2D eigenvalue weighted by Gasteiger charge is -2.64. The number of ether oxygens (including phenoxy) is 2. The minimum Gasteiger partial charge on any atom is -0.463 e. The molecule has 162 valence electrons. The fourth-order valence-corrected chi connectivity index (χ4v) is 8.84. The van der Waals surface area contributed by atoms with Gasteiger partial charge in [0.2, 0.25) is 0 Å². The van der Waals surface area contributed by atoms with Crippen molar-refractivity contribution in [3.63, 3.8) is 0 Å². The Labute approximate surface area is 181 Å². The lowest BCUT2D eigenvalue weighted by atomic mass is 9.44. The van der Waals surface area contributed by atoms with Crippen LogP contribution in [0.3, 0.4) is 0 Å². The van der Waals surface area contributed by atoms with Gasteiger partial charge in [-0.3, -0.25) is 14.4 Å². The molecule has 4 aliphatic rings. The number of Topliss-reactive ketones (excluding diaryl/α,β-unsaturated/α-hetero) is 1. The van der Waals surface area contributed by atoms with E-state index in [1.807, 2.05) is 0 Å². The summed E-state index contributed by atoms with van der Waals surface area (Å²) in [5, 5.41) is 0. The third-order valence-electron chi connectivity index (χ3n) is 9.00. The van der Waals surface area contributed by atoms with Crippen molar-refractivity contribution >= 4 is 33.7 Å². The highest BCUT2D eigenvalue weighted by Gasteiger charge is 2.70. The van der Waals surface area contributed by atoms with Gasteiger partial charge in [-0.05, 0) is 68.1 Å². The molecule has 8 atom stereocenters. The van der Waals surface area contributed by atoms with Gasteiger partial charge in [-0.25, -0.2) is 0 Å². The van der Waals surface area contributed by atoms with Crippen molar-refractivity contribution in [3.8, 4) is 0 Å². The molecular weight excluding hydrogens is 436 g/mol. The fourth-order valence-electron chi connectivity index (χ4n) is 7.63. The first-order valence-corrected chi connectivity index (χ1v) is 11.9. The summed E-state index contributed by atoms with van der Waals surface area (Å²) in [5.41, 5.74) is -0.396. The molecule has 0 unspecified atom stereocenters. The number of carbonyl (C=O) groups excluding carboxylic acids is 3. The smallest absolute Gasteiger partial charge is 0.302 e. The Hall–Kier alpha value is -0.910. The van der Waals surface area contributed by atoms with Gasteiger partial charge in [-0.2, -0.15) is 0 Å². The van der Waals surface area contributed by atoms with Crippen molar-refractivity contribution < 1.29 is 23.9 Å². The molecule has 0 saturated heterocycles. The molecular formula is C23H33BrO5. The summed E-state index contributed by atoms with van der Waals surface area (Å²) in [7, 11) is 0. The standard InChI is InChI=1S/C23H33BrO5/c1-13(25)28-16-9-10-22(4)15(11-16)5-6-18-17-7-8-20(29-14(2)26)21(17,3)12-19(27)23(18,22)24/h15-18,20H,5-12H2,1-4H3/t15-,16+,17-,18-,20-,21-,22-,23-/m0/s1. The first kappa shape index (κ1) is 21.3. The van der Waals surface area contributed by atoms with E-state index >= 15 is 0 Å². The Morgan fingerprint density at radius 1 is 0.966 bits per heavy atom. The van der Waals surface area contributed by atoms with Crippen LogP contribution in [0.5, 0.6) is 0 Å². The molecule has 4 fully saturated rings. The molecule has 4 rings (SSSR count). The van der Waals surface area contributed by atoms with E-state index in [-0.39, 0.29) is 46.7 Å². The average Bonchev–Trinajstić information content (AvgIpc) is 2.92. The van der Waals surface area contributed by atoms with Crippen molar-refractivity contribution in [1.29, 1.82) is 0 Å². The number of esters is 2. The summed E-state index contributed by atoms with van der Waals surface area (Å²) in [6.07, 6.45) is 6.75. The summed E-state index contributed by atoms with van der Waals surface area (Å²) in [5.74, 6) is 0.828. The second kappa shape index (κ2) is 7.06. The summed E-state index contributed by atoms with van der Waals surface area (Å²) in [4.78, 5) is 36.9. The molecule has 0 aromatic carbocycles. The van der Waals surface area contributed by atoms with Crippen molar-refractivity contribution in [3.05, 3.63) is 0 Å². The van der Waals surface area contributed by atoms with Crippen LogP contribution in [0.25, 0.3) is 0 Å². The lowest BCUT2D eigenvalue weighted by Crippen LogP contribution is -2.67. The second-order valence-corrected chi connectivity index (χ2v) is 11.7. The Morgan fingerprint density at radius 2 is 1.62 bits per heavy atom. The lowest BCUT2D eigenvalue weighted by molar-refractivity contribution is -0.169. The van der Waals surface area contributed by atoms with Crippen molar-refractivity contribution in [2.45, 2.75) is 95.6 Å². The molecule has 6 heteroatoms. The SMILES string of the molecule is CC(=O)O[C@@H]1CC[C@@]2(C)[C@@H](CC[C@H]3[C@@H]4CC[C@H](OC(C)=O)[C@@]4(C)CC(=O)[C@@]32Br)C1. The summed E-state index contributed by atoms with van der Waals surface area (Å²) >= 11 is 4.07. The van der Waals surface area contributed by atoms with Gasteiger partial charge in [-0.1, -0.05) is 29.8 Å². The normalized spacial score (nSPS) is 48.9. The average molecular weight is 469 g/mol. The summed E-state index contributed by atoms with van der Waals surface area (Å²) in [6.45, 7) is 7.38. The van der Waals surface area contributed by atoms with E-state index in [0.717, 1.165) is 44.9 Å². The molecule has 0 amide bonds. The van der Waals surface area contributed by atoms with Gasteiger partial charge in [0.1, 0.15) is 12.2 Å². The van der Waals surface area contributed by atoms with Crippen LogP contribution in [0.2, 0.25) is 0 Å². The van der Waals surface area contributed by atoms with E-state index < -0.39 is 4.32 Å². The van der Waals surface area contributed by atoms with Crippen molar-refractivity contribution in [2.75, 3.05) is 0 Å². The third-order valence-corrected chi connectivity index (χ3v) is 10.9. The number of carbonyl (C=O) groups is 3. The van der Waals surface area contributed by atoms with Crippen LogP contribution < -0.4 is 0 Å². The van der Waals surface area contributed by atoms with Crippen LogP contribution in [0.15, 0.2) is 0 Å². The van der Waals surface area contributed by atoms with E-state index in [9.17, 15) is 14.4 Å². The topological polar surface area (TPSA) is 69.7 Å². The highest BCUT2D eigenvalue weighted by atomic mass is 79.9.